The van der Waals surface area contributed by atoms with Crippen LogP contribution in [0, 0.1) is 29.6 Å². The number of carbonyl (C=O) groups is 3. The van der Waals surface area contributed by atoms with Crippen LogP contribution in [0.3, 0.4) is 0 Å². The minimum absolute atomic E-state index is 0.121. The molecule has 6 heterocycles. The van der Waals surface area contributed by atoms with Crippen LogP contribution in [0.25, 0.3) is 11.3 Å². The molecular weight excluding hydrogens is 897 g/mol. The van der Waals surface area contributed by atoms with E-state index in [0.29, 0.717) is 18.7 Å². The van der Waals surface area contributed by atoms with Crippen LogP contribution < -0.4 is 0 Å². The summed E-state index contributed by atoms with van der Waals surface area (Å²) in [5, 5.41) is 26.9. The molecule has 2 N–H and O–H groups in total. The van der Waals surface area contributed by atoms with E-state index in [9.17, 15) is 19.8 Å². The van der Waals surface area contributed by atoms with E-state index in [1.165, 1.54) is 18.9 Å². The molecule has 4 aliphatic rings. The van der Waals surface area contributed by atoms with Crippen LogP contribution in [-0.4, -0.2) is 165 Å². The summed E-state index contributed by atoms with van der Waals surface area (Å²) in [6.07, 6.45) is -1.53. The lowest BCUT2D eigenvalue weighted by Crippen LogP contribution is -2.61. The first-order chi connectivity index (χ1) is 32.0. The number of hydrogen-bond donors (Lipinski definition) is 2. The highest BCUT2D eigenvalue weighted by Crippen LogP contribution is 2.49. The molecule has 6 rings (SSSR count). The van der Waals surface area contributed by atoms with Crippen molar-refractivity contribution in [3.05, 3.63) is 36.8 Å². The van der Waals surface area contributed by atoms with E-state index >= 15 is 4.79 Å². The van der Waals surface area contributed by atoms with E-state index in [2.05, 4.69) is 4.98 Å². The van der Waals surface area contributed by atoms with Crippen molar-refractivity contribution in [3.8, 4) is 11.3 Å². The van der Waals surface area contributed by atoms with Crippen molar-refractivity contribution in [3.63, 3.8) is 0 Å². The number of nitrogens with zero attached hydrogens (tertiary/aromatic N) is 4. The highest BCUT2D eigenvalue weighted by atomic mass is 32.2. The van der Waals surface area contributed by atoms with Crippen molar-refractivity contribution in [2.75, 3.05) is 34.1 Å². The first kappa shape index (κ1) is 54.3. The van der Waals surface area contributed by atoms with Crippen molar-refractivity contribution < 1.29 is 62.5 Å². The number of Topliss-reactive ketones (excluding diaryl/α,β-unsaturated/α-hetero) is 1. The van der Waals surface area contributed by atoms with Crippen molar-refractivity contribution in [2.24, 2.45) is 29.6 Å². The smallest absolute Gasteiger partial charge is 0.320 e. The fourth-order valence-electron chi connectivity index (χ4n) is 11.3. The summed E-state index contributed by atoms with van der Waals surface area (Å²) in [5.74, 6) is -4.55. The summed E-state index contributed by atoms with van der Waals surface area (Å²) < 4.78 is 53.6. The molecule has 4 fully saturated rings. The van der Waals surface area contributed by atoms with Gasteiger partial charge in [-0.1, -0.05) is 27.7 Å². The molecule has 0 aliphatic carbocycles. The van der Waals surface area contributed by atoms with Crippen LogP contribution in [0.2, 0.25) is 0 Å². The second kappa shape index (κ2) is 22.2. The topological polar surface area (TPSA) is 199 Å². The summed E-state index contributed by atoms with van der Waals surface area (Å²) >= 11 is 1.40. The van der Waals surface area contributed by atoms with Crippen LogP contribution in [0.4, 0.5) is 0 Å². The van der Waals surface area contributed by atoms with Gasteiger partial charge in [0.05, 0.1) is 47.2 Å². The number of hydrogen-bond acceptors (Lipinski definition) is 17. The van der Waals surface area contributed by atoms with E-state index < -0.39 is 113 Å². The molecule has 0 aromatic carbocycles. The number of esters is 2. The standard InChI is InChI=1S/C50H78N4O13S/c1-15-36-50(10)38(42(46(59)67-50)68-22-21-54-20-18-34(52-54)33-17-16-19-51-26-33)29(4)39(55)27(2)24-49(9,61-14)44(66-47-40(56)35(53(11)12)23-28(3)62-47)30(5)41(31(6)45(58)64-36)65-37-25-48(8,60-13)43(57)32(7)63-37/h16-20,26-32,35-38,40-44,47,56-57H,15,21-25H2,1-14H3/t27-,28-,29-,30+,31-,32-,35+,36-,37+,38?,40-,41+,42?,43+,44-,47+,48-,49-,50-/m1/s1. The zero-order chi connectivity index (χ0) is 50.0. The monoisotopic (exact) mass is 975 g/mol. The summed E-state index contributed by atoms with van der Waals surface area (Å²) in [5.41, 5.74) is -2.03. The Morgan fingerprint density at radius 1 is 0.926 bits per heavy atom. The number of rotatable bonds is 13. The Balaban J connectivity index is 1.39. The molecule has 19 atom stereocenters. The lowest BCUT2D eigenvalue weighted by atomic mass is 9.70. The summed E-state index contributed by atoms with van der Waals surface area (Å²) in [6.45, 7) is 18.7. The van der Waals surface area contributed by atoms with E-state index in [1.54, 1.807) is 47.2 Å². The maximum atomic E-state index is 15.1. The number of ether oxygens (including phenoxy) is 8. The number of aromatic nitrogens is 3. The Hall–Kier alpha value is -3.04. The summed E-state index contributed by atoms with van der Waals surface area (Å²) in [6, 6.07) is 5.41. The summed E-state index contributed by atoms with van der Waals surface area (Å²) in [4.78, 5) is 50.5. The Kier molecular flexibility index (Phi) is 17.7. The lowest BCUT2D eigenvalue weighted by molar-refractivity contribution is -0.319. The van der Waals surface area contributed by atoms with E-state index in [0.717, 1.165) is 11.3 Å². The Bertz CT molecular complexity index is 2010. The molecule has 0 bridgehead atoms. The maximum Gasteiger partial charge on any atom is 0.320 e. The van der Waals surface area contributed by atoms with E-state index in [-0.39, 0.29) is 37.2 Å². The molecule has 2 aromatic heterocycles. The van der Waals surface area contributed by atoms with Gasteiger partial charge >= 0.3 is 11.9 Å². The fraction of sp³-hybridized carbons (Fsp3) is 0.780. The maximum absolute atomic E-state index is 15.1. The van der Waals surface area contributed by atoms with Crippen LogP contribution in [0.15, 0.2) is 36.8 Å². The SMILES string of the molecule is CC[C@H]1OC(=O)[C@H](C)[C@@H](O[C@H]2C[C@@](C)(OC)[C@@H](O)[C@@H](C)O2)[C@H](C)[C@@H](O[C@@H]2O[C@H](C)C[C@H](N(C)C)[C@H]2O)[C@](C)(OC)C[C@@H](C)C(=O)[C@H](C)C2C(SCCn3ccc(-c4cccnc4)n3)C(=O)O[C@@]21C. The number of ketones is 1. The van der Waals surface area contributed by atoms with Crippen molar-refractivity contribution in [1.29, 1.82) is 0 Å². The molecule has 4 aliphatic heterocycles. The lowest BCUT2D eigenvalue weighted by Gasteiger charge is -2.50. The fourth-order valence-corrected chi connectivity index (χ4v) is 12.8. The highest BCUT2D eigenvalue weighted by Gasteiger charge is 2.62. The number of aryl methyl sites for hydroxylation is 1. The number of thioether (sulfide) groups is 1. The molecule has 2 unspecified atom stereocenters. The van der Waals surface area contributed by atoms with Crippen molar-refractivity contribution in [2.45, 2.75) is 185 Å². The van der Waals surface area contributed by atoms with Crippen molar-refractivity contribution >= 4 is 29.5 Å². The van der Waals surface area contributed by atoms with Gasteiger partial charge in [0.25, 0.3) is 0 Å². The molecule has 4 saturated heterocycles. The van der Waals surface area contributed by atoms with Crippen molar-refractivity contribution in [1.82, 2.24) is 19.7 Å². The minimum Gasteiger partial charge on any atom is -0.458 e. The number of aliphatic hydroxyl groups excluding tert-OH is 2. The highest BCUT2D eigenvalue weighted by molar-refractivity contribution is 8.00. The molecule has 382 valence electrons. The zero-order valence-corrected chi connectivity index (χ0v) is 43.3. The van der Waals surface area contributed by atoms with Gasteiger partial charge in [-0.05, 0) is 93.1 Å². The van der Waals surface area contributed by atoms with Gasteiger partial charge in [-0.15, -0.1) is 11.8 Å². The molecule has 68 heavy (non-hydrogen) atoms. The molecular formula is C50H78N4O13S. The van der Waals surface area contributed by atoms with Gasteiger partial charge in [-0.25, -0.2) is 0 Å². The number of cyclic esters (lactones) is 1. The number of methoxy groups -OCH3 is 2. The van der Waals surface area contributed by atoms with Gasteiger partial charge in [0.15, 0.2) is 18.2 Å². The molecule has 0 spiro atoms. The van der Waals surface area contributed by atoms with Crippen LogP contribution in [0.1, 0.15) is 94.9 Å². The average molecular weight is 975 g/mol. The van der Waals surface area contributed by atoms with E-state index in [1.807, 2.05) is 89.6 Å². The number of pyridine rings is 1. The molecule has 0 radical (unpaired) electrons. The minimum atomic E-state index is -1.39. The van der Waals surface area contributed by atoms with Crippen LogP contribution >= 0.6 is 11.8 Å². The van der Waals surface area contributed by atoms with Gasteiger partial charge in [0.2, 0.25) is 0 Å². The predicted molar refractivity (Wildman–Crippen MR) is 254 cm³/mol. The Labute approximate surface area is 406 Å². The van der Waals surface area contributed by atoms with Crippen LogP contribution in [-0.2, 0) is 58.8 Å². The van der Waals surface area contributed by atoms with Crippen LogP contribution in [0.5, 0.6) is 0 Å². The molecule has 2 aromatic rings. The first-order valence-corrected chi connectivity index (χ1v) is 25.3. The number of aliphatic hydroxyl groups is 2. The van der Waals surface area contributed by atoms with Gasteiger partial charge in [-0.2, -0.15) is 5.10 Å². The second-order valence-electron chi connectivity index (χ2n) is 20.6. The number of carbonyl (C=O) groups excluding carboxylic acids is 3. The average Bonchev–Trinajstić information content (AvgIpc) is 3.89. The third-order valence-corrected chi connectivity index (χ3v) is 16.7. The molecule has 0 saturated carbocycles. The van der Waals surface area contributed by atoms with Gasteiger partial charge in [-0.3, -0.25) is 24.0 Å². The quantitative estimate of drug-likeness (QED) is 0.244. The molecule has 17 nitrogen and oxygen atoms in total. The Morgan fingerprint density at radius 2 is 1.63 bits per heavy atom. The van der Waals surface area contributed by atoms with Gasteiger partial charge < -0.3 is 53.0 Å². The number of likely N-dealkylation sites (N-methyl/N-ethyl adjacent to an activating group) is 1. The zero-order valence-electron chi connectivity index (χ0n) is 42.5. The molecule has 18 heteroatoms. The second-order valence-corrected chi connectivity index (χ2v) is 21.8. The largest absolute Gasteiger partial charge is 0.458 e. The first-order valence-electron chi connectivity index (χ1n) is 24.3. The number of fused-ring (bicyclic) bond motifs is 1. The third kappa shape index (κ3) is 11.2. The summed E-state index contributed by atoms with van der Waals surface area (Å²) in [7, 11) is 6.87. The Morgan fingerprint density at radius 3 is 2.26 bits per heavy atom. The normalized spacial score (nSPS) is 42.0. The van der Waals surface area contributed by atoms with E-state index in [4.69, 9.17) is 43.0 Å². The third-order valence-electron chi connectivity index (χ3n) is 15.5. The predicted octanol–water partition coefficient (Wildman–Crippen LogP) is 5.32. The van der Waals surface area contributed by atoms with Gasteiger partial charge in [0, 0.05) is 86.8 Å². The molecule has 0 amide bonds. The van der Waals surface area contributed by atoms with Gasteiger partial charge in [0.1, 0.15) is 29.3 Å².